The number of thioether (sulfide) groups is 1. The molecule has 0 spiro atoms. The summed E-state index contributed by atoms with van der Waals surface area (Å²) in [5, 5.41) is 1.83. The number of cyclic esters (lactones) is 1. The van der Waals surface area contributed by atoms with Gasteiger partial charge in [-0.1, -0.05) is 11.8 Å². The molecule has 4 nitrogen and oxygen atoms in total. The molecule has 0 aliphatic carbocycles. The smallest absolute Gasteiger partial charge is 0.319 e. The Kier molecular flexibility index (Phi) is 3.22. The fraction of sp³-hybridized carbons (Fsp3) is 0.462. The molecule has 0 N–H and O–H groups in total. The van der Waals surface area contributed by atoms with E-state index in [1.165, 1.54) is 22.2 Å². The predicted molar refractivity (Wildman–Crippen MR) is 76.7 cm³/mol. The van der Waals surface area contributed by atoms with E-state index in [2.05, 4.69) is 23.8 Å². The quantitative estimate of drug-likeness (QED) is 0.629. The van der Waals surface area contributed by atoms with Crippen LogP contribution >= 0.6 is 23.1 Å². The van der Waals surface area contributed by atoms with Crippen molar-refractivity contribution in [2.24, 2.45) is 0 Å². The van der Waals surface area contributed by atoms with Gasteiger partial charge in [-0.05, 0) is 26.3 Å². The highest BCUT2D eigenvalue weighted by molar-refractivity contribution is 8.00. The summed E-state index contributed by atoms with van der Waals surface area (Å²) in [6, 6.07) is 0. The number of hydrogen-bond donors (Lipinski definition) is 0. The van der Waals surface area contributed by atoms with Crippen LogP contribution in [0.1, 0.15) is 23.8 Å². The van der Waals surface area contributed by atoms with Crippen molar-refractivity contribution < 1.29 is 9.53 Å². The minimum atomic E-state index is -0.146. The van der Waals surface area contributed by atoms with Gasteiger partial charge in [-0.15, -0.1) is 11.3 Å². The van der Waals surface area contributed by atoms with Gasteiger partial charge in [0.25, 0.3) is 0 Å². The van der Waals surface area contributed by atoms with Gasteiger partial charge < -0.3 is 4.74 Å². The molecule has 19 heavy (non-hydrogen) atoms. The van der Waals surface area contributed by atoms with Crippen LogP contribution in [0.4, 0.5) is 0 Å². The molecule has 0 aromatic carbocycles. The number of rotatable bonds is 2. The number of nitrogens with zero attached hydrogens (tertiary/aromatic N) is 2. The topological polar surface area (TPSA) is 52.1 Å². The lowest BCUT2D eigenvalue weighted by Crippen LogP contribution is -2.09. The Morgan fingerprint density at radius 3 is 2.89 bits per heavy atom. The summed E-state index contributed by atoms with van der Waals surface area (Å²) in [5.41, 5.74) is 1.21. The molecule has 1 fully saturated rings. The number of esters is 1. The van der Waals surface area contributed by atoms with Gasteiger partial charge in [0, 0.05) is 16.7 Å². The average Bonchev–Trinajstić information content (AvgIpc) is 2.81. The van der Waals surface area contributed by atoms with Crippen LogP contribution < -0.4 is 0 Å². The molecule has 1 saturated heterocycles. The second kappa shape index (κ2) is 4.76. The molecule has 3 rings (SSSR count). The molecule has 2 aromatic heterocycles. The first-order valence-electron chi connectivity index (χ1n) is 6.14. The second-order valence-electron chi connectivity index (χ2n) is 4.73. The minimum Gasteiger partial charge on any atom is -0.462 e. The Morgan fingerprint density at radius 2 is 2.21 bits per heavy atom. The zero-order valence-corrected chi connectivity index (χ0v) is 12.6. The summed E-state index contributed by atoms with van der Waals surface area (Å²) in [6.07, 6.45) is 2.33. The van der Waals surface area contributed by atoms with Crippen LogP contribution in [0.15, 0.2) is 11.4 Å². The van der Waals surface area contributed by atoms with Crippen molar-refractivity contribution >= 4 is 39.3 Å². The zero-order valence-electron chi connectivity index (χ0n) is 11.0. The molecule has 3 heterocycles. The fourth-order valence-electron chi connectivity index (χ4n) is 2.19. The number of hydrogen-bond acceptors (Lipinski definition) is 6. The minimum absolute atomic E-state index is 0.00707. The maximum atomic E-state index is 11.7. The number of aryl methyl sites for hydroxylation is 2. The van der Waals surface area contributed by atoms with Gasteiger partial charge in [-0.3, -0.25) is 4.79 Å². The Bertz CT molecular complexity index is 653. The van der Waals surface area contributed by atoms with Gasteiger partial charge in [-0.25, -0.2) is 9.97 Å². The molecule has 100 valence electrons. The Labute approximate surface area is 119 Å². The molecule has 2 atom stereocenters. The molecule has 1 aliphatic heterocycles. The van der Waals surface area contributed by atoms with E-state index in [1.54, 1.807) is 17.7 Å². The maximum Gasteiger partial charge on any atom is 0.319 e. The Morgan fingerprint density at radius 1 is 1.42 bits per heavy atom. The number of carbonyl (C=O) groups excluding carboxylic acids is 1. The summed E-state index contributed by atoms with van der Waals surface area (Å²) in [6.45, 7) is 6.09. The van der Waals surface area contributed by atoms with Gasteiger partial charge in [0.05, 0.1) is 0 Å². The first kappa shape index (κ1) is 12.9. The third kappa shape index (κ3) is 2.23. The van der Waals surface area contributed by atoms with Crippen molar-refractivity contribution in [3.05, 3.63) is 16.8 Å². The maximum absolute atomic E-state index is 11.7. The lowest BCUT2D eigenvalue weighted by atomic mass is 10.2. The van der Waals surface area contributed by atoms with Crippen LogP contribution in [0.5, 0.6) is 0 Å². The normalized spacial score (nSPS) is 23.0. The van der Waals surface area contributed by atoms with Crippen LogP contribution in [0.25, 0.3) is 10.2 Å². The summed E-state index contributed by atoms with van der Waals surface area (Å²) in [4.78, 5) is 22.6. The lowest BCUT2D eigenvalue weighted by Gasteiger charge is -2.06. The second-order valence-corrected chi connectivity index (χ2v) is 7.13. The highest BCUT2D eigenvalue weighted by atomic mass is 32.2. The van der Waals surface area contributed by atoms with Crippen LogP contribution in [0, 0.1) is 13.8 Å². The number of carbonyl (C=O) groups is 1. The van der Waals surface area contributed by atoms with E-state index in [0.717, 1.165) is 21.7 Å². The molecule has 0 amide bonds. The molecule has 0 radical (unpaired) electrons. The Balaban J connectivity index is 1.99. The van der Waals surface area contributed by atoms with Crippen LogP contribution in [0.3, 0.4) is 0 Å². The third-order valence-electron chi connectivity index (χ3n) is 3.31. The van der Waals surface area contributed by atoms with E-state index < -0.39 is 0 Å². The van der Waals surface area contributed by atoms with E-state index >= 15 is 0 Å². The molecule has 0 saturated carbocycles. The van der Waals surface area contributed by atoms with Crippen molar-refractivity contribution in [2.75, 3.05) is 0 Å². The molecular weight excluding hydrogens is 280 g/mol. The molecule has 0 bridgehead atoms. The average molecular weight is 294 g/mol. The summed E-state index contributed by atoms with van der Waals surface area (Å²) in [7, 11) is 0. The highest BCUT2D eigenvalue weighted by Crippen LogP contribution is 2.38. The van der Waals surface area contributed by atoms with Crippen LogP contribution in [-0.4, -0.2) is 27.3 Å². The number of thiophene rings is 1. The first-order chi connectivity index (χ1) is 9.06. The molecular formula is C13H14N2O2S2. The molecule has 1 aliphatic rings. The monoisotopic (exact) mass is 294 g/mol. The van der Waals surface area contributed by atoms with Crippen LogP contribution in [-0.2, 0) is 9.53 Å². The summed E-state index contributed by atoms with van der Waals surface area (Å²) in [5.74, 6) is -0.131. The standard InChI is InChI=1S/C13H14N2O2S2/c1-6-4-9(13(16)17-6)19-12-10-7(2)8(3)18-11(10)14-5-15-12/h5-6,9H,4H2,1-3H3/t6-,9-/m1/s1. The van der Waals surface area contributed by atoms with E-state index in [4.69, 9.17) is 4.74 Å². The highest BCUT2D eigenvalue weighted by Gasteiger charge is 2.33. The van der Waals surface area contributed by atoms with Gasteiger partial charge in [0.2, 0.25) is 0 Å². The fourth-order valence-corrected chi connectivity index (χ4v) is 4.52. The van der Waals surface area contributed by atoms with Gasteiger partial charge in [-0.2, -0.15) is 0 Å². The van der Waals surface area contributed by atoms with Gasteiger partial charge in [0.1, 0.15) is 27.5 Å². The van der Waals surface area contributed by atoms with E-state index in [0.29, 0.717) is 0 Å². The van der Waals surface area contributed by atoms with Crippen LogP contribution in [0.2, 0.25) is 0 Å². The van der Waals surface area contributed by atoms with Crippen molar-refractivity contribution in [3.8, 4) is 0 Å². The molecule has 0 unspecified atom stereocenters. The lowest BCUT2D eigenvalue weighted by molar-refractivity contribution is -0.140. The van der Waals surface area contributed by atoms with Gasteiger partial charge in [0.15, 0.2) is 0 Å². The Hall–Kier alpha value is -1.14. The van der Waals surface area contributed by atoms with E-state index in [-0.39, 0.29) is 17.3 Å². The van der Waals surface area contributed by atoms with E-state index in [1.807, 2.05) is 6.92 Å². The largest absolute Gasteiger partial charge is 0.462 e. The third-order valence-corrected chi connectivity index (χ3v) is 5.63. The van der Waals surface area contributed by atoms with Crippen molar-refractivity contribution in [1.82, 2.24) is 9.97 Å². The van der Waals surface area contributed by atoms with Crippen molar-refractivity contribution in [3.63, 3.8) is 0 Å². The summed E-state index contributed by atoms with van der Waals surface area (Å²) < 4.78 is 5.19. The number of aromatic nitrogens is 2. The van der Waals surface area contributed by atoms with Gasteiger partial charge >= 0.3 is 5.97 Å². The predicted octanol–water partition coefficient (Wildman–Crippen LogP) is 3.10. The molecule has 6 heteroatoms. The number of ether oxygens (including phenoxy) is 1. The SMILES string of the molecule is Cc1sc2ncnc(S[C@@H]3C[C@@H](C)OC3=O)c2c1C. The zero-order chi connectivity index (χ0) is 13.6. The van der Waals surface area contributed by atoms with Crippen molar-refractivity contribution in [1.29, 1.82) is 0 Å². The molecule has 2 aromatic rings. The number of fused-ring (bicyclic) bond motifs is 1. The summed E-state index contributed by atoms with van der Waals surface area (Å²) >= 11 is 3.17. The van der Waals surface area contributed by atoms with E-state index in [9.17, 15) is 4.79 Å². The van der Waals surface area contributed by atoms with Crippen molar-refractivity contribution in [2.45, 2.75) is 43.6 Å². The first-order valence-corrected chi connectivity index (χ1v) is 7.83.